The van der Waals surface area contributed by atoms with Gasteiger partial charge in [-0.25, -0.2) is 0 Å². The minimum absolute atomic E-state index is 0.0205. The molecule has 138 valence electrons. The van der Waals surface area contributed by atoms with E-state index >= 15 is 0 Å². The highest BCUT2D eigenvalue weighted by Crippen LogP contribution is 2.31. The standard InChI is InChI=1S/C22H16N2O4/c25-24(26)17-6-8-18(9-7-17)28-22-12-13-23-21-14-19(10-11-20(21)22)27-15-16-4-2-1-3-5-16/h1-14H,15H2. The molecule has 0 spiro atoms. The zero-order valence-electron chi connectivity index (χ0n) is 14.8. The first kappa shape index (κ1) is 17.5. The summed E-state index contributed by atoms with van der Waals surface area (Å²) in [6, 6.07) is 23.3. The number of benzene rings is 3. The van der Waals surface area contributed by atoms with Gasteiger partial charge >= 0.3 is 0 Å². The van der Waals surface area contributed by atoms with Crippen LogP contribution in [0.4, 0.5) is 5.69 Å². The number of hydrogen-bond donors (Lipinski definition) is 0. The van der Waals surface area contributed by atoms with Crippen LogP contribution in [0.3, 0.4) is 0 Å². The highest BCUT2D eigenvalue weighted by atomic mass is 16.6. The molecule has 6 heteroatoms. The molecule has 0 aliphatic rings. The molecule has 0 atom stereocenters. The lowest BCUT2D eigenvalue weighted by molar-refractivity contribution is -0.384. The summed E-state index contributed by atoms with van der Waals surface area (Å²) in [7, 11) is 0. The molecule has 0 N–H and O–H groups in total. The largest absolute Gasteiger partial charge is 0.489 e. The van der Waals surface area contributed by atoms with Crippen LogP contribution in [-0.4, -0.2) is 9.91 Å². The highest BCUT2D eigenvalue weighted by molar-refractivity contribution is 5.86. The lowest BCUT2D eigenvalue weighted by Crippen LogP contribution is -1.95. The molecule has 1 heterocycles. The van der Waals surface area contributed by atoms with E-state index in [2.05, 4.69) is 4.98 Å². The maximum atomic E-state index is 10.8. The molecule has 0 saturated carbocycles. The second-order valence-electron chi connectivity index (χ2n) is 6.12. The van der Waals surface area contributed by atoms with Crippen molar-refractivity contribution in [2.45, 2.75) is 6.61 Å². The van der Waals surface area contributed by atoms with E-state index in [-0.39, 0.29) is 5.69 Å². The molecule has 0 aliphatic carbocycles. The molecule has 0 aliphatic heterocycles. The van der Waals surface area contributed by atoms with Crippen molar-refractivity contribution in [3.05, 3.63) is 101 Å². The van der Waals surface area contributed by atoms with Gasteiger partial charge in [0.2, 0.25) is 0 Å². The fourth-order valence-electron chi connectivity index (χ4n) is 2.78. The molecule has 4 aromatic rings. The maximum Gasteiger partial charge on any atom is 0.269 e. The van der Waals surface area contributed by atoms with Gasteiger partial charge in [0.15, 0.2) is 0 Å². The second-order valence-corrected chi connectivity index (χ2v) is 6.12. The Morgan fingerprint density at radius 1 is 0.893 bits per heavy atom. The van der Waals surface area contributed by atoms with E-state index in [1.54, 1.807) is 24.4 Å². The number of non-ortho nitro benzene ring substituents is 1. The average Bonchev–Trinajstić information content (AvgIpc) is 2.73. The molecule has 3 aromatic carbocycles. The van der Waals surface area contributed by atoms with E-state index in [4.69, 9.17) is 9.47 Å². The monoisotopic (exact) mass is 372 g/mol. The van der Waals surface area contributed by atoms with E-state index in [0.29, 0.717) is 18.1 Å². The van der Waals surface area contributed by atoms with Crippen molar-refractivity contribution in [3.8, 4) is 17.2 Å². The first-order chi connectivity index (χ1) is 13.7. The Bertz CT molecular complexity index is 1110. The summed E-state index contributed by atoms with van der Waals surface area (Å²) in [5.74, 6) is 1.85. The second kappa shape index (κ2) is 7.75. The quantitative estimate of drug-likeness (QED) is 0.329. The van der Waals surface area contributed by atoms with Crippen molar-refractivity contribution in [1.29, 1.82) is 0 Å². The molecule has 0 unspecified atom stereocenters. The Hall–Kier alpha value is -3.93. The van der Waals surface area contributed by atoms with Gasteiger partial charge in [-0.1, -0.05) is 30.3 Å². The summed E-state index contributed by atoms with van der Waals surface area (Å²) in [5, 5.41) is 11.6. The Morgan fingerprint density at radius 2 is 1.64 bits per heavy atom. The van der Waals surface area contributed by atoms with Gasteiger partial charge in [0, 0.05) is 29.8 Å². The fourth-order valence-corrected chi connectivity index (χ4v) is 2.78. The summed E-state index contributed by atoms with van der Waals surface area (Å²) in [4.78, 5) is 14.7. The number of rotatable bonds is 6. The van der Waals surface area contributed by atoms with Crippen molar-refractivity contribution in [2.24, 2.45) is 0 Å². The summed E-state index contributed by atoms with van der Waals surface area (Å²) in [5.41, 5.74) is 1.85. The van der Waals surface area contributed by atoms with Crippen LogP contribution in [-0.2, 0) is 6.61 Å². The summed E-state index contributed by atoms with van der Waals surface area (Å²) >= 11 is 0. The molecule has 4 rings (SSSR count). The van der Waals surface area contributed by atoms with Crippen LogP contribution in [0.1, 0.15) is 5.56 Å². The predicted molar refractivity (Wildman–Crippen MR) is 106 cm³/mol. The van der Waals surface area contributed by atoms with Crippen molar-refractivity contribution in [2.75, 3.05) is 0 Å². The number of ether oxygens (including phenoxy) is 2. The normalized spacial score (nSPS) is 10.6. The van der Waals surface area contributed by atoms with Crippen LogP contribution in [0, 0.1) is 10.1 Å². The molecular weight excluding hydrogens is 356 g/mol. The first-order valence-corrected chi connectivity index (χ1v) is 8.67. The third kappa shape index (κ3) is 3.91. The smallest absolute Gasteiger partial charge is 0.269 e. The third-order valence-electron chi connectivity index (χ3n) is 4.20. The molecule has 1 aromatic heterocycles. The molecule has 0 radical (unpaired) electrons. The average molecular weight is 372 g/mol. The Kier molecular flexibility index (Phi) is 4.84. The summed E-state index contributed by atoms with van der Waals surface area (Å²) < 4.78 is 11.7. The number of pyridine rings is 1. The van der Waals surface area contributed by atoms with Crippen molar-refractivity contribution in [3.63, 3.8) is 0 Å². The van der Waals surface area contributed by atoms with E-state index in [9.17, 15) is 10.1 Å². The van der Waals surface area contributed by atoms with Gasteiger partial charge in [-0.05, 0) is 35.9 Å². The molecular formula is C22H16N2O4. The maximum absolute atomic E-state index is 10.8. The SMILES string of the molecule is O=[N+]([O-])c1ccc(Oc2ccnc3cc(OCc4ccccc4)ccc23)cc1. The Labute approximate surface area is 161 Å². The van der Waals surface area contributed by atoms with Gasteiger partial charge < -0.3 is 9.47 Å². The van der Waals surface area contributed by atoms with Gasteiger partial charge in [-0.15, -0.1) is 0 Å². The molecule has 6 nitrogen and oxygen atoms in total. The zero-order valence-corrected chi connectivity index (χ0v) is 14.8. The van der Waals surface area contributed by atoms with E-state index in [0.717, 1.165) is 22.2 Å². The van der Waals surface area contributed by atoms with Crippen LogP contribution in [0.5, 0.6) is 17.2 Å². The number of nitro groups is 1. The number of aromatic nitrogens is 1. The predicted octanol–water partition coefficient (Wildman–Crippen LogP) is 5.51. The highest BCUT2D eigenvalue weighted by Gasteiger charge is 2.09. The van der Waals surface area contributed by atoms with Crippen molar-refractivity contribution >= 4 is 16.6 Å². The Balaban J connectivity index is 1.54. The molecule has 0 saturated heterocycles. The summed E-state index contributed by atoms with van der Waals surface area (Å²) in [6.07, 6.45) is 1.66. The van der Waals surface area contributed by atoms with Crippen LogP contribution in [0.15, 0.2) is 85.1 Å². The van der Waals surface area contributed by atoms with Crippen LogP contribution in [0.25, 0.3) is 10.9 Å². The number of nitro benzene ring substituents is 1. The molecule has 28 heavy (non-hydrogen) atoms. The van der Waals surface area contributed by atoms with Crippen molar-refractivity contribution < 1.29 is 14.4 Å². The first-order valence-electron chi connectivity index (χ1n) is 8.67. The van der Waals surface area contributed by atoms with Crippen LogP contribution >= 0.6 is 0 Å². The lowest BCUT2D eigenvalue weighted by atomic mass is 10.2. The van der Waals surface area contributed by atoms with Crippen LogP contribution in [0.2, 0.25) is 0 Å². The Morgan fingerprint density at radius 3 is 2.39 bits per heavy atom. The molecule has 0 bridgehead atoms. The van der Waals surface area contributed by atoms with Gasteiger partial charge in [-0.2, -0.15) is 0 Å². The van der Waals surface area contributed by atoms with Gasteiger partial charge in [0.05, 0.1) is 10.4 Å². The number of hydrogen-bond acceptors (Lipinski definition) is 5. The zero-order chi connectivity index (χ0) is 19.3. The lowest BCUT2D eigenvalue weighted by Gasteiger charge is -2.10. The number of nitrogens with zero attached hydrogens (tertiary/aromatic N) is 2. The summed E-state index contributed by atoms with van der Waals surface area (Å²) in [6.45, 7) is 0.478. The van der Waals surface area contributed by atoms with E-state index < -0.39 is 4.92 Å². The molecule has 0 amide bonds. The fraction of sp³-hybridized carbons (Fsp3) is 0.0455. The minimum Gasteiger partial charge on any atom is -0.489 e. The third-order valence-corrected chi connectivity index (χ3v) is 4.20. The van der Waals surface area contributed by atoms with E-state index in [1.165, 1.54) is 12.1 Å². The number of fused-ring (bicyclic) bond motifs is 1. The van der Waals surface area contributed by atoms with Gasteiger partial charge in [-0.3, -0.25) is 15.1 Å². The van der Waals surface area contributed by atoms with E-state index in [1.807, 2.05) is 48.5 Å². The van der Waals surface area contributed by atoms with Gasteiger partial charge in [0.1, 0.15) is 23.9 Å². The van der Waals surface area contributed by atoms with Crippen LogP contribution < -0.4 is 9.47 Å². The van der Waals surface area contributed by atoms with Gasteiger partial charge in [0.25, 0.3) is 5.69 Å². The molecule has 0 fully saturated rings. The van der Waals surface area contributed by atoms with Crippen molar-refractivity contribution in [1.82, 2.24) is 4.98 Å². The minimum atomic E-state index is -0.442. The topological polar surface area (TPSA) is 74.5 Å².